The van der Waals surface area contributed by atoms with Crippen molar-refractivity contribution in [2.45, 2.75) is 44.6 Å². The van der Waals surface area contributed by atoms with E-state index in [2.05, 4.69) is 0 Å². The van der Waals surface area contributed by atoms with E-state index in [1.165, 1.54) is 12.8 Å². The molecule has 1 saturated heterocycles. The SMILES string of the molecule is O=C(C1CCCC1)N1CCC(OCCCl)CC1. The van der Waals surface area contributed by atoms with Crippen molar-refractivity contribution in [1.82, 2.24) is 4.90 Å². The summed E-state index contributed by atoms with van der Waals surface area (Å²) in [6.07, 6.45) is 6.90. The fourth-order valence-electron chi connectivity index (χ4n) is 2.89. The van der Waals surface area contributed by atoms with Crippen molar-refractivity contribution in [3.05, 3.63) is 0 Å². The Morgan fingerprint density at radius 2 is 1.82 bits per heavy atom. The Balaban J connectivity index is 1.72. The van der Waals surface area contributed by atoms with Crippen LogP contribution in [-0.4, -0.2) is 42.5 Å². The molecular formula is C13H22ClNO2. The van der Waals surface area contributed by atoms with Crippen LogP contribution in [0.5, 0.6) is 0 Å². The molecule has 2 aliphatic rings. The van der Waals surface area contributed by atoms with E-state index in [9.17, 15) is 4.79 Å². The normalized spacial score (nSPS) is 23.2. The largest absolute Gasteiger partial charge is 0.377 e. The number of halogens is 1. The summed E-state index contributed by atoms with van der Waals surface area (Å²) in [5.74, 6) is 1.26. The molecule has 1 heterocycles. The number of carbonyl (C=O) groups excluding carboxylic acids is 1. The molecule has 0 aromatic rings. The van der Waals surface area contributed by atoms with Crippen LogP contribution >= 0.6 is 11.6 Å². The summed E-state index contributed by atoms with van der Waals surface area (Å²) in [7, 11) is 0. The summed E-state index contributed by atoms with van der Waals surface area (Å²) in [6, 6.07) is 0. The van der Waals surface area contributed by atoms with Crippen LogP contribution in [0.2, 0.25) is 0 Å². The molecule has 0 N–H and O–H groups in total. The molecule has 98 valence electrons. The Bertz CT molecular complexity index is 246. The van der Waals surface area contributed by atoms with Crippen molar-refractivity contribution in [2.75, 3.05) is 25.6 Å². The number of likely N-dealkylation sites (tertiary alicyclic amines) is 1. The standard InChI is InChI=1S/C13H22ClNO2/c14-7-10-17-12-5-8-15(9-6-12)13(16)11-3-1-2-4-11/h11-12H,1-10H2. The number of alkyl halides is 1. The average Bonchev–Trinajstić information content (AvgIpc) is 2.90. The van der Waals surface area contributed by atoms with Gasteiger partial charge in [0.15, 0.2) is 0 Å². The third-order valence-corrected chi connectivity index (χ3v) is 4.04. The average molecular weight is 260 g/mol. The first kappa shape index (κ1) is 13.2. The van der Waals surface area contributed by atoms with Crippen molar-refractivity contribution in [1.29, 1.82) is 0 Å². The van der Waals surface area contributed by atoms with Gasteiger partial charge in [-0.1, -0.05) is 12.8 Å². The second-order valence-corrected chi connectivity index (χ2v) is 5.44. The summed E-state index contributed by atoms with van der Waals surface area (Å²) in [6.45, 7) is 2.35. The molecule has 17 heavy (non-hydrogen) atoms. The lowest BCUT2D eigenvalue weighted by Gasteiger charge is -2.33. The maximum Gasteiger partial charge on any atom is 0.225 e. The molecule has 0 atom stereocenters. The van der Waals surface area contributed by atoms with E-state index >= 15 is 0 Å². The lowest BCUT2D eigenvalue weighted by atomic mass is 10.0. The topological polar surface area (TPSA) is 29.5 Å². The number of carbonyl (C=O) groups is 1. The Morgan fingerprint density at radius 3 is 2.41 bits per heavy atom. The Hall–Kier alpha value is -0.280. The van der Waals surface area contributed by atoms with Gasteiger partial charge in [0.2, 0.25) is 5.91 Å². The molecular weight excluding hydrogens is 238 g/mol. The molecule has 2 fully saturated rings. The number of rotatable bonds is 4. The van der Waals surface area contributed by atoms with Crippen LogP contribution in [0.25, 0.3) is 0 Å². The van der Waals surface area contributed by atoms with E-state index in [-0.39, 0.29) is 0 Å². The molecule has 0 spiro atoms. The quantitative estimate of drug-likeness (QED) is 0.726. The van der Waals surface area contributed by atoms with Gasteiger partial charge in [-0.3, -0.25) is 4.79 Å². The minimum atomic E-state index is 0.307. The first-order valence-electron chi connectivity index (χ1n) is 6.77. The Kier molecular flexibility index (Phi) is 5.11. The highest BCUT2D eigenvalue weighted by molar-refractivity contribution is 6.17. The molecule has 0 bridgehead atoms. The molecule has 4 heteroatoms. The van der Waals surface area contributed by atoms with E-state index in [0.29, 0.717) is 30.4 Å². The second kappa shape index (κ2) is 6.60. The number of nitrogens with zero attached hydrogens (tertiary/aromatic N) is 1. The van der Waals surface area contributed by atoms with Crippen LogP contribution in [0.4, 0.5) is 0 Å². The van der Waals surface area contributed by atoms with E-state index in [1.807, 2.05) is 4.90 Å². The number of amides is 1. The van der Waals surface area contributed by atoms with E-state index < -0.39 is 0 Å². The lowest BCUT2D eigenvalue weighted by Crippen LogP contribution is -2.43. The van der Waals surface area contributed by atoms with Crippen molar-refractivity contribution < 1.29 is 9.53 Å². The monoisotopic (exact) mass is 259 g/mol. The maximum absolute atomic E-state index is 12.2. The van der Waals surface area contributed by atoms with Crippen LogP contribution in [0.15, 0.2) is 0 Å². The van der Waals surface area contributed by atoms with Gasteiger partial charge in [-0.05, 0) is 25.7 Å². The highest BCUT2D eigenvalue weighted by atomic mass is 35.5. The summed E-state index contributed by atoms with van der Waals surface area (Å²) in [5.41, 5.74) is 0. The minimum absolute atomic E-state index is 0.307. The zero-order valence-corrected chi connectivity index (χ0v) is 11.1. The molecule has 1 saturated carbocycles. The van der Waals surface area contributed by atoms with Gasteiger partial charge >= 0.3 is 0 Å². The van der Waals surface area contributed by atoms with Crippen LogP contribution in [0, 0.1) is 5.92 Å². The summed E-state index contributed by atoms with van der Waals surface area (Å²) < 4.78 is 5.62. The Morgan fingerprint density at radius 1 is 1.18 bits per heavy atom. The van der Waals surface area contributed by atoms with Crippen molar-refractivity contribution >= 4 is 17.5 Å². The first-order valence-corrected chi connectivity index (χ1v) is 7.31. The molecule has 0 radical (unpaired) electrons. The highest BCUT2D eigenvalue weighted by Crippen LogP contribution is 2.27. The molecule has 3 nitrogen and oxygen atoms in total. The second-order valence-electron chi connectivity index (χ2n) is 5.07. The van der Waals surface area contributed by atoms with Crippen molar-refractivity contribution in [3.8, 4) is 0 Å². The first-order chi connectivity index (χ1) is 8.31. The summed E-state index contributed by atoms with van der Waals surface area (Å²) in [4.78, 5) is 14.2. The van der Waals surface area contributed by atoms with Gasteiger partial charge in [0, 0.05) is 24.9 Å². The number of hydrogen-bond acceptors (Lipinski definition) is 2. The smallest absolute Gasteiger partial charge is 0.225 e. The molecule has 1 aliphatic heterocycles. The Labute approximate surface area is 108 Å². The predicted molar refractivity (Wildman–Crippen MR) is 68.2 cm³/mol. The molecule has 1 amide bonds. The fourth-order valence-corrected chi connectivity index (χ4v) is 2.97. The molecule has 0 aromatic heterocycles. The van der Waals surface area contributed by atoms with Crippen LogP contribution in [0.3, 0.4) is 0 Å². The van der Waals surface area contributed by atoms with E-state index in [1.54, 1.807) is 0 Å². The van der Waals surface area contributed by atoms with Gasteiger partial charge in [-0.25, -0.2) is 0 Å². The van der Waals surface area contributed by atoms with Crippen LogP contribution in [-0.2, 0) is 9.53 Å². The molecule has 0 unspecified atom stereocenters. The van der Waals surface area contributed by atoms with Gasteiger partial charge in [-0.15, -0.1) is 11.6 Å². The zero-order chi connectivity index (χ0) is 12.1. The van der Waals surface area contributed by atoms with Crippen molar-refractivity contribution in [2.24, 2.45) is 5.92 Å². The van der Waals surface area contributed by atoms with Gasteiger partial charge in [0.05, 0.1) is 12.7 Å². The predicted octanol–water partition coefficient (Wildman–Crippen LogP) is 2.42. The van der Waals surface area contributed by atoms with Crippen LogP contribution < -0.4 is 0 Å². The maximum atomic E-state index is 12.2. The highest BCUT2D eigenvalue weighted by Gasteiger charge is 2.29. The van der Waals surface area contributed by atoms with Gasteiger partial charge < -0.3 is 9.64 Å². The number of ether oxygens (including phenoxy) is 1. The van der Waals surface area contributed by atoms with Crippen LogP contribution in [0.1, 0.15) is 38.5 Å². The zero-order valence-electron chi connectivity index (χ0n) is 10.4. The third-order valence-electron chi connectivity index (χ3n) is 3.89. The van der Waals surface area contributed by atoms with E-state index in [0.717, 1.165) is 38.8 Å². The lowest BCUT2D eigenvalue weighted by molar-refractivity contribution is -0.137. The number of hydrogen-bond donors (Lipinski definition) is 0. The summed E-state index contributed by atoms with van der Waals surface area (Å²) in [5, 5.41) is 0. The van der Waals surface area contributed by atoms with Crippen molar-refractivity contribution in [3.63, 3.8) is 0 Å². The minimum Gasteiger partial charge on any atom is -0.377 e. The summed E-state index contributed by atoms with van der Waals surface area (Å²) >= 11 is 5.60. The fraction of sp³-hybridized carbons (Fsp3) is 0.923. The van der Waals surface area contributed by atoms with Gasteiger partial charge in [0.1, 0.15) is 0 Å². The van der Waals surface area contributed by atoms with Gasteiger partial charge in [-0.2, -0.15) is 0 Å². The third kappa shape index (κ3) is 3.59. The molecule has 2 rings (SSSR count). The molecule has 1 aliphatic carbocycles. The van der Waals surface area contributed by atoms with Gasteiger partial charge in [0.25, 0.3) is 0 Å². The number of piperidine rings is 1. The molecule has 0 aromatic carbocycles. The van der Waals surface area contributed by atoms with E-state index in [4.69, 9.17) is 16.3 Å².